The summed E-state index contributed by atoms with van der Waals surface area (Å²) in [5, 5.41) is 12.5. The van der Waals surface area contributed by atoms with E-state index in [1.807, 2.05) is 0 Å². The molecule has 4 nitrogen and oxygen atoms in total. The minimum absolute atomic E-state index is 0.116. The second kappa shape index (κ2) is 3.71. The predicted molar refractivity (Wildman–Crippen MR) is 43.5 cm³/mol. The molecule has 0 fully saturated rings. The van der Waals surface area contributed by atoms with Gasteiger partial charge in [-0.05, 0) is 12.1 Å². The van der Waals surface area contributed by atoms with Gasteiger partial charge < -0.3 is 9.84 Å². The van der Waals surface area contributed by atoms with Crippen LogP contribution in [0.5, 0.6) is 11.5 Å². The third-order valence-electron chi connectivity index (χ3n) is 1.54. The van der Waals surface area contributed by atoms with E-state index in [0.29, 0.717) is 11.3 Å². The van der Waals surface area contributed by atoms with E-state index in [1.54, 1.807) is 12.1 Å². The molecule has 0 spiro atoms. The molecule has 4 heteroatoms. The summed E-state index contributed by atoms with van der Waals surface area (Å²) in [4.78, 5) is 0. The summed E-state index contributed by atoms with van der Waals surface area (Å²) in [6, 6.07) is 4.91. The average molecular weight is 166 g/mol. The predicted octanol–water partition coefficient (Wildman–Crippen LogP) is 1.93. The number of hydrogen-bond donors (Lipinski definition) is 2. The van der Waals surface area contributed by atoms with E-state index in [4.69, 9.17) is 10.3 Å². The number of benzene rings is 1. The molecule has 0 unspecified atom stereocenters. The number of aromatic hydroxyl groups is 1. The van der Waals surface area contributed by atoms with Crippen LogP contribution in [0.2, 0.25) is 0 Å². The number of phenolic OH excluding ortho intramolecular Hbond substituents is 1. The molecule has 0 aromatic heterocycles. The molecule has 2 N–H and O–H groups in total. The van der Waals surface area contributed by atoms with Gasteiger partial charge in [-0.2, -0.15) is 5.11 Å². The number of phenols is 1. The van der Waals surface area contributed by atoms with Crippen molar-refractivity contribution in [1.29, 1.82) is 5.53 Å². The Bertz CT molecular complexity index is 286. The molecule has 0 radical (unpaired) electrons. The molecule has 1 aromatic carbocycles. The van der Waals surface area contributed by atoms with E-state index >= 15 is 0 Å². The second-order valence-electron chi connectivity index (χ2n) is 2.31. The monoisotopic (exact) mass is 166 g/mol. The van der Waals surface area contributed by atoms with Crippen LogP contribution >= 0.6 is 0 Å². The molecular weight excluding hydrogens is 156 g/mol. The summed E-state index contributed by atoms with van der Waals surface area (Å²) < 4.78 is 4.89. The first-order valence-electron chi connectivity index (χ1n) is 3.47. The molecule has 0 atom stereocenters. The molecule has 0 saturated carbocycles. The molecule has 1 rings (SSSR count). The number of nitrogens with one attached hydrogen (secondary N) is 1. The average Bonchev–Trinajstić information content (AvgIpc) is 2.09. The van der Waals surface area contributed by atoms with E-state index in [2.05, 4.69) is 5.11 Å². The Hall–Kier alpha value is -1.58. The number of nitrogens with zero attached hydrogens (tertiary/aromatic N) is 1. The standard InChI is InChI=1S/C8H10N2O2/c1-12-7-3-2-6(5-10-9)8(11)4-7/h2-4,9,11H,5H2,1H3. The Morgan fingerprint density at radius 1 is 1.58 bits per heavy atom. The maximum absolute atomic E-state index is 9.33. The smallest absolute Gasteiger partial charge is 0.124 e. The third-order valence-corrected chi connectivity index (χ3v) is 1.54. The van der Waals surface area contributed by atoms with Crippen LogP contribution in [-0.2, 0) is 6.54 Å². The van der Waals surface area contributed by atoms with Crippen LogP contribution in [0.3, 0.4) is 0 Å². The molecule has 0 aliphatic rings. The topological polar surface area (TPSA) is 65.7 Å². The highest BCUT2D eigenvalue weighted by atomic mass is 16.5. The fourth-order valence-electron chi connectivity index (χ4n) is 0.890. The summed E-state index contributed by atoms with van der Waals surface area (Å²) in [5.41, 5.74) is 7.25. The van der Waals surface area contributed by atoms with E-state index in [9.17, 15) is 5.11 Å². The molecule has 12 heavy (non-hydrogen) atoms. The van der Waals surface area contributed by atoms with Crippen LogP contribution in [0, 0.1) is 5.53 Å². The lowest BCUT2D eigenvalue weighted by atomic mass is 10.2. The summed E-state index contributed by atoms with van der Waals surface area (Å²) in [7, 11) is 1.53. The zero-order chi connectivity index (χ0) is 8.97. The van der Waals surface area contributed by atoms with Crippen LogP contribution in [-0.4, -0.2) is 12.2 Å². The van der Waals surface area contributed by atoms with Crippen LogP contribution in [0.4, 0.5) is 0 Å². The van der Waals surface area contributed by atoms with Gasteiger partial charge in [0.1, 0.15) is 11.5 Å². The van der Waals surface area contributed by atoms with Crippen LogP contribution in [0.1, 0.15) is 5.56 Å². The maximum atomic E-state index is 9.33. The number of ether oxygens (including phenoxy) is 1. The summed E-state index contributed by atoms with van der Waals surface area (Å²) >= 11 is 0. The van der Waals surface area contributed by atoms with Crippen molar-refractivity contribution in [3.63, 3.8) is 0 Å². The SMILES string of the molecule is COc1ccc(CN=N)c(O)c1. The molecule has 0 bridgehead atoms. The van der Waals surface area contributed by atoms with E-state index < -0.39 is 0 Å². The minimum atomic E-state index is 0.116. The Morgan fingerprint density at radius 3 is 2.83 bits per heavy atom. The van der Waals surface area contributed by atoms with Gasteiger partial charge in [0.15, 0.2) is 0 Å². The first-order valence-corrected chi connectivity index (χ1v) is 3.47. The third kappa shape index (κ3) is 1.72. The lowest BCUT2D eigenvalue weighted by molar-refractivity contribution is 0.406. The normalized spacial score (nSPS) is 9.42. The maximum Gasteiger partial charge on any atom is 0.124 e. The van der Waals surface area contributed by atoms with Crippen LogP contribution < -0.4 is 4.74 Å². The minimum Gasteiger partial charge on any atom is -0.507 e. The molecule has 64 valence electrons. The largest absolute Gasteiger partial charge is 0.507 e. The zero-order valence-corrected chi connectivity index (χ0v) is 6.74. The van der Waals surface area contributed by atoms with Crippen molar-refractivity contribution >= 4 is 0 Å². The highest BCUT2D eigenvalue weighted by Gasteiger charge is 2.01. The quantitative estimate of drug-likeness (QED) is 0.674. The molecule has 0 saturated heterocycles. The van der Waals surface area contributed by atoms with Crippen molar-refractivity contribution < 1.29 is 9.84 Å². The lowest BCUT2D eigenvalue weighted by Gasteiger charge is -2.03. The highest BCUT2D eigenvalue weighted by Crippen LogP contribution is 2.23. The van der Waals surface area contributed by atoms with Gasteiger partial charge >= 0.3 is 0 Å². The zero-order valence-electron chi connectivity index (χ0n) is 6.74. The number of rotatable bonds is 3. The Labute approximate surface area is 70.3 Å². The first kappa shape index (κ1) is 8.52. The van der Waals surface area contributed by atoms with Gasteiger partial charge in [0.05, 0.1) is 13.7 Å². The lowest BCUT2D eigenvalue weighted by Crippen LogP contribution is -1.85. The number of hydrogen-bond acceptors (Lipinski definition) is 4. The van der Waals surface area contributed by atoms with Gasteiger partial charge in [-0.15, -0.1) is 0 Å². The van der Waals surface area contributed by atoms with Gasteiger partial charge in [0, 0.05) is 11.6 Å². The van der Waals surface area contributed by atoms with Crippen molar-refractivity contribution in [2.24, 2.45) is 5.11 Å². The Kier molecular flexibility index (Phi) is 2.63. The van der Waals surface area contributed by atoms with E-state index in [0.717, 1.165) is 0 Å². The van der Waals surface area contributed by atoms with Gasteiger partial charge in [0.25, 0.3) is 0 Å². The fraction of sp³-hybridized carbons (Fsp3) is 0.250. The van der Waals surface area contributed by atoms with Crippen LogP contribution in [0.15, 0.2) is 23.3 Å². The Balaban J connectivity index is 2.94. The highest BCUT2D eigenvalue weighted by molar-refractivity contribution is 5.39. The van der Waals surface area contributed by atoms with Gasteiger partial charge in [-0.25, -0.2) is 5.53 Å². The van der Waals surface area contributed by atoms with E-state index in [1.165, 1.54) is 13.2 Å². The van der Waals surface area contributed by atoms with Crippen molar-refractivity contribution in [2.75, 3.05) is 7.11 Å². The fourth-order valence-corrected chi connectivity index (χ4v) is 0.890. The number of methoxy groups -OCH3 is 1. The van der Waals surface area contributed by atoms with Crippen molar-refractivity contribution in [1.82, 2.24) is 0 Å². The molecule has 0 heterocycles. The molecule has 0 aliphatic heterocycles. The van der Waals surface area contributed by atoms with Gasteiger partial charge in [-0.3, -0.25) is 0 Å². The van der Waals surface area contributed by atoms with Crippen molar-refractivity contribution in [3.05, 3.63) is 23.8 Å². The summed E-state index contributed by atoms with van der Waals surface area (Å²) in [5.74, 6) is 0.714. The second-order valence-corrected chi connectivity index (χ2v) is 2.31. The molecule has 0 amide bonds. The van der Waals surface area contributed by atoms with Crippen molar-refractivity contribution in [3.8, 4) is 11.5 Å². The van der Waals surface area contributed by atoms with Gasteiger partial charge in [0.2, 0.25) is 0 Å². The summed E-state index contributed by atoms with van der Waals surface area (Å²) in [6.45, 7) is 0.204. The van der Waals surface area contributed by atoms with Crippen molar-refractivity contribution in [2.45, 2.75) is 6.54 Å². The van der Waals surface area contributed by atoms with Gasteiger partial charge in [-0.1, -0.05) is 0 Å². The summed E-state index contributed by atoms with van der Waals surface area (Å²) in [6.07, 6.45) is 0. The molecule has 0 aliphatic carbocycles. The van der Waals surface area contributed by atoms with Crippen LogP contribution in [0.25, 0.3) is 0 Å². The van der Waals surface area contributed by atoms with E-state index in [-0.39, 0.29) is 12.3 Å². The molecule has 1 aromatic rings. The first-order chi connectivity index (χ1) is 5.77. The molecular formula is C8H10N2O2. The Morgan fingerprint density at radius 2 is 2.33 bits per heavy atom.